The van der Waals surface area contributed by atoms with E-state index >= 15 is 0 Å². The van der Waals surface area contributed by atoms with Gasteiger partial charge < -0.3 is 24.0 Å². The van der Waals surface area contributed by atoms with Gasteiger partial charge in [-0.3, -0.25) is 10.2 Å². The normalized spacial score (nSPS) is 18.6. The van der Waals surface area contributed by atoms with Crippen molar-refractivity contribution in [3.8, 4) is 17.1 Å². The first kappa shape index (κ1) is 20.2. The first-order chi connectivity index (χ1) is 15.3. The van der Waals surface area contributed by atoms with Gasteiger partial charge in [-0.15, -0.1) is 0 Å². The fraction of sp³-hybridized carbons (Fsp3) is 0.304. The molecular formula is C23H22N4O5. The lowest BCUT2D eigenvalue weighted by Crippen LogP contribution is -2.44. The van der Waals surface area contributed by atoms with E-state index in [2.05, 4.69) is 0 Å². The number of nitrogens with one attached hydrogen (secondary N) is 1. The van der Waals surface area contributed by atoms with Crippen LogP contribution in [0.4, 0.5) is 5.69 Å². The van der Waals surface area contributed by atoms with Crippen LogP contribution in [0.5, 0.6) is 5.75 Å². The van der Waals surface area contributed by atoms with Crippen LogP contribution in [0, 0.1) is 5.41 Å². The quantitative estimate of drug-likeness (QED) is 0.287. The molecule has 2 aliphatic rings. The molecule has 0 unspecified atom stereocenters. The molecule has 0 saturated carbocycles. The molecule has 0 amide bonds. The summed E-state index contributed by atoms with van der Waals surface area (Å²) < 4.78 is 12.3. The van der Waals surface area contributed by atoms with Gasteiger partial charge in [0.1, 0.15) is 6.61 Å². The Bertz CT molecular complexity index is 1380. The summed E-state index contributed by atoms with van der Waals surface area (Å²) in [5.74, 6) is -0.153. The van der Waals surface area contributed by atoms with Gasteiger partial charge in [0.25, 0.3) is 5.56 Å². The second-order valence-corrected chi connectivity index (χ2v) is 8.02. The third kappa shape index (κ3) is 2.54. The lowest BCUT2D eigenvalue weighted by atomic mass is 9.86. The number of methoxy groups -OCH3 is 1. The number of rotatable bonds is 4. The molecule has 164 valence electrons. The van der Waals surface area contributed by atoms with Crippen LogP contribution in [0.2, 0.25) is 0 Å². The molecule has 0 fully saturated rings. The van der Waals surface area contributed by atoms with Crippen molar-refractivity contribution in [2.45, 2.75) is 32.1 Å². The lowest BCUT2D eigenvalue weighted by molar-refractivity contribution is -0.172. The molecule has 5 rings (SSSR count). The average molecular weight is 434 g/mol. The molecule has 0 bridgehead atoms. The molecule has 0 aliphatic carbocycles. The van der Waals surface area contributed by atoms with Gasteiger partial charge in [0.2, 0.25) is 0 Å². The first-order valence-electron chi connectivity index (χ1n) is 10.2. The smallest absolute Gasteiger partial charge is 0.343 e. The summed E-state index contributed by atoms with van der Waals surface area (Å²) in [6.07, 6.45) is 1.29. The molecule has 9 nitrogen and oxygen atoms in total. The van der Waals surface area contributed by atoms with Crippen molar-refractivity contribution in [1.29, 1.82) is 5.41 Å². The molecule has 1 aromatic carbocycles. The number of fused-ring (bicyclic) bond motifs is 5. The lowest BCUT2D eigenvalue weighted by Gasteiger charge is -2.31. The molecule has 0 spiro atoms. The SMILES string of the molecule is CC[C@@]1(O)C(=O)OCc2c1cc1n(c2=O)Cc2cc3c(OC)c(N(C)C=N)ccc3nc2-1. The van der Waals surface area contributed by atoms with Crippen molar-refractivity contribution < 1.29 is 19.4 Å². The minimum atomic E-state index is -1.85. The van der Waals surface area contributed by atoms with Crippen LogP contribution in [0.25, 0.3) is 22.3 Å². The number of cyclic esters (lactones) is 1. The van der Waals surface area contributed by atoms with Crippen LogP contribution >= 0.6 is 0 Å². The van der Waals surface area contributed by atoms with E-state index in [0.29, 0.717) is 40.3 Å². The molecule has 9 heteroatoms. The largest absolute Gasteiger partial charge is 0.494 e. The number of nitrogens with zero attached hydrogens (tertiary/aromatic N) is 3. The summed E-state index contributed by atoms with van der Waals surface area (Å²) in [5.41, 5.74) is 1.86. The second kappa shape index (κ2) is 6.89. The van der Waals surface area contributed by atoms with Gasteiger partial charge in [-0.05, 0) is 30.7 Å². The molecule has 0 saturated heterocycles. The Hall–Kier alpha value is -3.72. The molecule has 0 radical (unpaired) electrons. The summed E-state index contributed by atoms with van der Waals surface area (Å²) in [6.45, 7) is 1.83. The van der Waals surface area contributed by atoms with E-state index in [1.54, 1.807) is 36.6 Å². The Morgan fingerprint density at radius 3 is 2.84 bits per heavy atom. The maximum atomic E-state index is 13.3. The van der Waals surface area contributed by atoms with E-state index in [4.69, 9.17) is 19.9 Å². The van der Waals surface area contributed by atoms with Crippen molar-refractivity contribution in [2.75, 3.05) is 19.1 Å². The second-order valence-electron chi connectivity index (χ2n) is 8.02. The van der Waals surface area contributed by atoms with Crippen molar-refractivity contribution in [3.05, 3.63) is 51.3 Å². The average Bonchev–Trinajstić information content (AvgIpc) is 3.17. The van der Waals surface area contributed by atoms with Crippen molar-refractivity contribution in [2.24, 2.45) is 0 Å². The van der Waals surface area contributed by atoms with Crippen LogP contribution in [0.1, 0.15) is 30.0 Å². The highest BCUT2D eigenvalue weighted by atomic mass is 16.6. The summed E-state index contributed by atoms with van der Waals surface area (Å²) >= 11 is 0. The number of ether oxygens (including phenoxy) is 2. The van der Waals surface area contributed by atoms with Crippen LogP contribution in [0.3, 0.4) is 0 Å². The minimum absolute atomic E-state index is 0.0975. The fourth-order valence-corrected chi connectivity index (χ4v) is 4.58. The van der Waals surface area contributed by atoms with Gasteiger partial charge in [0, 0.05) is 23.6 Å². The summed E-state index contributed by atoms with van der Waals surface area (Å²) in [7, 11) is 3.33. The van der Waals surface area contributed by atoms with Gasteiger partial charge in [-0.25, -0.2) is 9.78 Å². The third-order valence-corrected chi connectivity index (χ3v) is 6.40. The number of pyridine rings is 2. The monoisotopic (exact) mass is 434 g/mol. The van der Waals surface area contributed by atoms with E-state index in [9.17, 15) is 14.7 Å². The van der Waals surface area contributed by atoms with Gasteiger partial charge in [-0.1, -0.05) is 6.92 Å². The Morgan fingerprint density at radius 2 is 2.16 bits per heavy atom. The predicted octanol–water partition coefficient (Wildman–Crippen LogP) is 2.13. The molecule has 2 aliphatic heterocycles. The standard InChI is InChI=1S/C23H22N4O5/c1-4-23(30)15-8-18-19-12(9-27(18)21(28)14(15)10-32-22(23)29)7-13-16(25-19)5-6-17(20(13)31-3)26(2)11-24/h5-8,11,24,30H,4,9-10H2,1-3H3/t23-/m0/s1. The summed E-state index contributed by atoms with van der Waals surface area (Å²) in [6, 6.07) is 7.30. The number of aliphatic hydroxyl groups is 1. The van der Waals surface area contributed by atoms with E-state index in [1.807, 2.05) is 18.2 Å². The van der Waals surface area contributed by atoms with Gasteiger partial charge in [-0.2, -0.15) is 0 Å². The number of benzene rings is 1. The highest BCUT2D eigenvalue weighted by Crippen LogP contribution is 2.41. The van der Waals surface area contributed by atoms with Gasteiger partial charge in [0.15, 0.2) is 11.4 Å². The van der Waals surface area contributed by atoms with E-state index in [0.717, 1.165) is 16.6 Å². The number of aromatic nitrogens is 2. The van der Waals surface area contributed by atoms with Crippen LogP contribution in [0.15, 0.2) is 29.1 Å². The maximum Gasteiger partial charge on any atom is 0.343 e. The Kier molecular flexibility index (Phi) is 4.35. The Balaban J connectivity index is 1.75. The zero-order valence-corrected chi connectivity index (χ0v) is 17.9. The molecule has 4 heterocycles. The molecular weight excluding hydrogens is 412 g/mol. The molecule has 32 heavy (non-hydrogen) atoms. The zero-order valence-electron chi connectivity index (χ0n) is 17.9. The third-order valence-electron chi connectivity index (χ3n) is 6.40. The van der Waals surface area contributed by atoms with E-state index < -0.39 is 11.6 Å². The van der Waals surface area contributed by atoms with Crippen LogP contribution in [-0.4, -0.2) is 41.1 Å². The topological polar surface area (TPSA) is 118 Å². The molecule has 3 aromatic rings. The summed E-state index contributed by atoms with van der Waals surface area (Å²) in [4.78, 5) is 32.0. The molecule has 2 N–H and O–H groups in total. The van der Waals surface area contributed by atoms with Crippen molar-refractivity contribution in [1.82, 2.24) is 9.55 Å². The van der Waals surface area contributed by atoms with E-state index in [-0.39, 0.29) is 18.6 Å². The number of hydrogen-bond acceptors (Lipinski definition) is 7. The maximum absolute atomic E-state index is 13.3. The van der Waals surface area contributed by atoms with Crippen molar-refractivity contribution >= 4 is 28.9 Å². The van der Waals surface area contributed by atoms with Crippen LogP contribution < -0.4 is 15.2 Å². The fourth-order valence-electron chi connectivity index (χ4n) is 4.58. The Labute approximate surface area is 183 Å². The zero-order chi connectivity index (χ0) is 22.8. The highest BCUT2D eigenvalue weighted by molar-refractivity contribution is 5.96. The first-order valence-corrected chi connectivity index (χ1v) is 10.2. The number of hydrogen-bond donors (Lipinski definition) is 2. The number of esters is 1. The number of carbonyl (C=O) groups is 1. The number of anilines is 1. The highest BCUT2D eigenvalue weighted by Gasteiger charge is 2.45. The predicted molar refractivity (Wildman–Crippen MR) is 118 cm³/mol. The number of carbonyl (C=O) groups excluding carboxylic acids is 1. The summed E-state index contributed by atoms with van der Waals surface area (Å²) in [5, 5.41) is 19.3. The van der Waals surface area contributed by atoms with Gasteiger partial charge in [0.05, 0.1) is 48.1 Å². The minimum Gasteiger partial charge on any atom is -0.494 e. The molecule has 2 aromatic heterocycles. The van der Waals surface area contributed by atoms with Crippen molar-refractivity contribution in [3.63, 3.8) is 0 Å². The molecule has 1 atom stereocenters. The van der Waals surface area contributed by atoms with E-state index in [1.165, 1.54) is 6.34 Å². The van der Waals surface area contributed by atoms with Gasteiger partial charge >= 0.3 is 5.97 Å². The Morgan fingerprint density at radius 1 is 1.38 bits per heavy atom. The van der Waals surface area contributed by atoms with Crippen LogP contribution in [-0.2, 0) is 28.3 Å².